The fourth-order valence-corrected chi connectivity index (χ4v) is 2.50. The van der Waals surface area contributed by atoms with Crippen LogP contribution in [-0.2, 0) is 23.8 Å². The second kappa shape index (κ2) is 16.2. The van der Waals surface area contributed by atoms with Crippen LogP contribution in [0.3, 0.4) is 0 Å². The number of esters is 1. The second-order valence-electron chi connectivity index (χ2n) is 6.45. The van der Waals surface area contributed by atoms with Crippen LogP contribution in [0.5, 0.6) is 0 Å². The zero-order chi connectivity index (χ0) is 22.9. The van der Waals surface area contributed by atoms with Crippen molar-refractivity contribution in [1.29, 1.82) is 0 Å². The maximum Gasteiger partial charge on any atom is 0.375 e. The van der Waals surface area contributed by atoms with E-state index in [-0.39, 0.29) is 36.6 Å². The highest BCUT2D eigenvalue weighted by molar-refractivity contribution is 5.92. The van der Waals surface area contributed by atoms with Crippen LogP contribution >= 0.6 is 0 Å². The number of carboxylic acid groups (broad SMARTS) is 1. The highest BCUT2D eigenvalue weighted by atomic mass is 16.5. The average molecular weight is 427 g/mol. The van der Waals surface area contributed by atoms with E-state index in [0.29, 0.717) is 5.56 Å². The smallest absolute Gasteiger partial charge is 0.375 e. The van der Waals surface area contributed by atoms with Gasteiger partial charge in [0.1, 0.15) is 12.7 Å². The van der Waals surface area contributed by atoms with Gasteiger partial charge in [-0.2, -0.15) is 0 Å². The highest BCUT2D eigenvalue weighted by Gasteiger charge is 2.18. The third-order valence-corrected chi connectivity index (χ3v) is 4.21. The molecule has 1 rings (SSSR count). The minimum atomic E-state index is -1.15. The molecule has 8 heteroatoms. The van der Waals surface area contributed by atoms with Gasteiger partial charge in [-0.1, -0.05) is 57.0 Å². The number of carbonyl (C=O) groups is 2. The van der Waals surface area contributed by atoms with E-state index in [1.165, 1.54) is 14.2 Å². The van der Waals surface area contributed by atoms with Crippen LogP contribution in [0.25, 0.3) is 5.76 Å². The zero-order valence-electron chi connectivity index (χ0n) is 18.2. The van der Waals surface area contributed by atoms with Crippen molar-refractivity contribution in [2.75, 3.05) is 27.4 Å². The Labute approximate surface area is 178 Å². The van der Waals surface area contributed by atoms with E-state index in [2.05, 4.69) is 6.92 Å². The van der Waals surface area contributed by atoms with Crippen molar-refractivity contribution in [3.63, 3.8) is 0 Å². The van der Waals surface area contributed by atoms with Gasteiger partial charge in [0.25, 0.3) is 0 Å². The molecule has 8 nitrogen and oxygen atoms in total. The molecular formula is C22H34O8. The average Bonchev–Trinajstić information content (AvgIpc) is 2.76. The molecule has 0 aliphatic rings. The van der Waals surface area contributed by atoms with Gasteiger partial charge in [0, 0.05) is 5.56 Å². The summed E-state index contributed by atoms with van der Waals surface area (Å²) in [6, 6.07) is 8.93. The van der Waals surface area contributed by atoms with Crippen molar-refractivity contribution >= 4 is 17.7 Å². The maximum absolute atomic E-state index is 11.5. The molecular weight excluding hydrogens is 392 g/mol. The summed E-state index contributed by atoms with van der Waals surface area (Å²) in [6.07, 6.45) is 2.70. The van der Waals surface area contributed by atoms with Gasteiger partial charge in [0.2, 0.25) is 5.76 Å². The molecule has 0 saturated carbocycles. The maximum atomic E-state index is 11.5. The Hall–Kier alpha value is -2.58. The Bertz CT molecular complexity index is 642. The predicted molar refractivity (Wildman–Crippen MR) is 112 cm³/mol. The summed E-state index contributed by atoms with van der Waals surface area (Å²) in [6.45, 7) is 3.54. The number of benzene rings is 1. The van der Waals surface area contributed by atoms with Crippen LogP contribution in [0.15, 0.2) is 36.1 Å². The lowest BCUT2D eigenvalue weighted by molar-refractivity contribution is -0.152. The van der Waals surface area contributed by atoms with Crippen LogP contribution in [-0.4, -0.2) is 60.8 Å². The van der Waals surface area contributed by atoms with E-state index in [0.717, 1.165) is 25.7 Å². The SMILES string of the molecule is CCCCC(CC)C(=O)OCC(O)CO.CO/C(C(=O)O)=C(\OC)c1ccccc1. The number of hydrogen-bond donors (Lipinski definition) is 3. The van der Waals surface area contributed by atoms with Crippen molar-refractivity contribution in [3.05, 3.63) is 41.7 Å². The van der Waals surface area contributed by atoms with Gasteiger partial charge in [0.05, 0.1) is 26.7 Å². The third kappa shape index (κ3) is 10.3. The lowest BCUT2D eigenvalue weighted by Crippen LogP contribution is -2.25. The van der Waals surface area contributed by atoms with Gasteiger partial charge in [-0.3, -0.25) is 4.79 Å². The molecule has 0 amide bonds. The predicted octanol–water partition coefficient (Wildman–Crippen LogP) is 2.83. The lowest BCUT2D eigenvalue weighted by Gasteiger charge is -2.15. The van der Waals surface area contributed by atoms with Gasteiger partial charge < -0.3 is 29.5 Å². The molecule has 0 aliphatic carbocycles. The first-order valence-corrected chi connectivity index (χ1v) is 9.92. The molecule has 0 aromatic heterocycles. The number of aliphatic hydroxyl groups is 2. The van der Waals surface area contributed by atoms with E-state index >= 15 is 0 Å². The first-order valence-electron chi connectivity index (χ1n) is 9.92. The summed E-state index contributed by atoms with van der Waals surface area (Å²) in [7, 11) is 2.70. The van der Waals surface area contributed by atoms with Gasteiger partial charge in [0.15, 0.2) is 5.76 Å². The second-order valence-corrected chi connectivity index (χ2v) is 6.45. The molecule has 2 atom stereocenters. The number of rotatable bonds is 12. The molecule has 1 aromatic rings. The van der Waals surface area contributed by atoms with E-state index in [4.69, 9.17) is 29.5 Å². The van der Waals surface area contributed by atoms with E-state index < -0.39 is 12.1 Å². The largest absolute Gasteiger partial charge is 0.492 e. The summed E-state index contributed by atoms with van der Waals surface area (Å²) in [5, 5.41) is 26.4. The Morgan fingerprint density at radius 3 is 2.13 bits per heavy atom. The topological polar surface area (TPSA) is 123 Å². The number of carboxylic acids is 1. The van der Waals surface area contributed by atoms with Crippen molar-refractivity contribution in [2.45, 2.75) is 45.6 Å². The quantitative estimate of drug-likeness (QED) is 0.265. The van der Waals surface area contributed by atoms with Crippen LogP contribution < -0.4 is 0 Å². The number of unbranched alkanes of at least 4 members (excludes halogenated alkanes) is 1. The molecule has 0 spiro atoms. The Morgan fingerprint density at radius 1 is 1.07 bits per heavy atom. The highest BCUT2D eigenvalue weighted by Crippen LogP contribution is 2.19. The minimum absolute atomic E-state index is 0.0733. The van der Waals surface area contributed by atoms with Crippen LogP contribution in [0, 0.1) is 5.92 Å². The molecule has 170 valence electrons. The molecule has 3 N–H and O–H groups in total. The zero-order valence-corrected chi connectivity index (χ0v) is 18.2. The Morgan fingerprint density at radius 2 is 1.70 bits per heavy atom. The van der Waals surface area contributed by atoms with Gasteiger partial charge in [-0.05, 0) is 12.8 Å². The monoisotopic (exact) mass is 426 g/mol. The van der Waals surface area contributed by atoms with Crippen LogP contribution in [0.4, 0.5) is 0 Å². The first-order chi connectivity index (χ1) is 14.4. The molecule has 0 radical (unpaired) electrons. The molecule has 1 aromatic carbocycles. The molecule has 0 fully saturated rings. The lowest BCUT2D eigenvalue weighted by atomic mass is 10.00. The normalized spacial score (nSPS) is 13.1. The molecule has 0 heterocycles. The van der Waals surface area contributed by atoms with E-state index in [1.54, 1.807) is 24.3 Å². The molecule has 0 aliphatic heterocycles. The van der Waals surface area contributed by atoms with Crippen molar-refractivity contribution < 1.29 is 39.1 Å². The summed E-state index contributed by atoms with van der Waals surface area (Å²) in [5.41, 5.74) is 0.666. The summed E-state index contributed by atoms with van der Waals surface area (Å²) < 4.78 is 14.7. The number of methoxy groups -OCH3 is 2. The Balaban J connectivity index is 0.000000561. The van der Waals surface area contributed by atoms with Crippen molar-refractivity contribution in [3.8, 4) is 0 Å². The van der Waals surface area contributed by atoms with Gasteiger partial charge in [-0.15, -0.1) is 0 Å². The third-order valence-electron chi connectivity index (χ3n) is 4.21. The fourth-order valence-electron chi connectivity index (χ4n) is 2.50. The Kier molecular flexibility index (Phi) is 14.8. The number of aliphatic hydroxyl groups excluding tert-OH is 2. The number of carbonyl (C=O) groups excluding carboxylic acids is 1. The summed E-state index contributed by atoms with van der Waals surface area (Å²) in [4.78, 5) is 22.3. The number of ether oxygens (including phenoxy) is 3. The van der Waals surface area contributed by atoms with E-state index in [1.807, 2.05) is 13.0 Å². The molecule has 30 heavy (non-hydrogen) atoms. The van der Waals surface area contributed by atoms with E-state index in [9.17, 15) is 9.59 Å². The van der Waals surface area contributed by atoms with Gasteiger partial charge in [-0.25, -0.2) is 4.79 Å². The van der Waals surface area contributed by atoms with Crippen molar-refractivity contribution in [1.82, 2.24) is 0 Å². The first kappa shape index (κ1) is 27.4. The number of hydrogen-bond acceptors (Lipinski definition) is 7. The van der Waals surface area contributed by atoms with Crippen molar-refractivity contribution in [2.24, 2.45) is 5.92 Å². The summed E-state index contributed by atoms with van der Waals surface area (Å²) in [5.74, 6) is -1.48. The molecule has 0 saturated heterocycles. The van der Waals surface area contributed by atoms with Gasteiger partial charge >= 0.3 is 11.9 Å². The standard InChI is InChI=1S/C11H12O4.C11H22O4/c1-14-9(10(15-2)11(12)13)8-6-4-3-5-7-8;1-3-5-6-9(4-2)11(14)15-8-10(13)7-12/h3-7H,1-2H3,(H,12,13);9-10,12-13H,3-8H2,1-2H3/b10-9-;. The minimum Gasteiger partial charge on any atom is -0.492 e. The van der Waals surface area contributed by atoms with Crippen LogP contribution in [0.2, 0.25) is 0 Å². The molecule has 0 bridgehead atoms. The number of aliphatic carboxylic acids is 1. The van der Waals surface area contributed by atoms with Crippen LogP contribution in [0.1, 0.15) is 45.1 Å². The molecule has 2 unspecified atom stereocenters. The fraction of sp³-hybridized carbons (Fsp3) is 0.545. The summed E-state index contributed by atoms with van der Waals surface area (Å²) >= 11 is 0.